The number of nitrogens with zero attached hydrogens (tertiary/aromatic N) is 2. The third-order valence-corrected chi connectivity index (χ3v) is 3.24. The van der Waals surface area contributed by atoms with E-state index in [4.69, 9.17) is 0 Å². The summed E-state index contributed by atoms with van der Waals surface area (Å²) in [5.74, 6) is 0. The molecule has 7 heteroatoms. The average molecular weight is 283 g/mol. The summed E-state index contributed by atoms with van der Waals surface area (Å²) in [5.41, 5.74) is 1.23. The molecule has 0 amide bonds. The van der Waals surface area contributed by atoms with Crippen LogP contribution in [-0.2, 0) is 0 Å². The summed E-state index contributed by atoms with van der Waals surface area (Å²) in [4.78, 5) is 23.7. The Morgan fingerprint density at radius 1 is 0.952 bits per heavy atom. The number of nitro benzene ring substituents is 2. The van der Waals surface area contributed by atoms with Crippen molar-refractivity contribution in [3.63, 3.8) is 0 Å². The monoisotopic (exact) mass is 283 g/mol. The molecular formula is C14H9N3O4. The minimum atomic E-state index is -0.643. The molecule has 1 aromatic heterocycles. The summed E-state index contributed by atoms with van der Waals surface area (Å²) in [6, 6.07) is 11.4. The van der Waals surface area contributed by atoms with Gasteiger partial charge in [-0.2, -0.15) is 0 Å². The third kappa shape index (κ3) is 2.10. The van der Waals surface area contributed by atoms with Crippen molar-refractivity contribution in [2.24, 2.45) is 0 Å². The molecule has 7 nitrogen and oxygen atoms in total. The molecule has 0 bridgehead atoms. The lowest BCUT2D eigenvalue weighted by Gasteiger charge is -2.01. The molecule has 0 saturated heterocycles. The zero-order valence-electron chi connectivity index (χ0n) is 10.6. The van der Waals surface area contributed by atoms with E-state index in [9.17, 15) is 20.2 Å². The fourth-order valence-electron chi connectivity index (χ4n) is 2.33. The van der Waals surface area contributed by atoms with Crippen molar-refractivity contribution in [3.8, 4) is 11.1 Å². The lowest BCUT2D eigenvalue weighted by molar-refractivity contribution is -0.393. The highest BCUT2D eigenvalue weighted by molar-refractivity contribution is 6.03. The molecule has 1 heterocycles. The summed E-state index contributed by atoms with van der Waals surface area (Å²) in [5, 5.41) is 22.5. The van der Waals surface area contributed by atoms with E-state index in [0.717, 1.165) is 11.6 Å². The molecule has 0 fully saturated rings. The normalized spacial score (nSPS) is 10.7. The molecule has 0 unspecified atom stereocenters. The molecule has 21 heavy (non-hydrogen) atoms. The van der Waals surface area contributed by atoms with Gasteiger partial charge in [-0.25, -0.2) is 0 Å². The summed E-state index contributed by atoms with van der Waals surface area (Å²) < 4.78 is 0. The van der Waals surface area contributed by atoms with Crippen LogP contribution in [0.1, 0.15) is 0 Å². The second kappa shape index (κ2) is 4.71. The zero-order chi connectivity index (χ0) is 15.0. The molecule has 0 aliphatic carbocycles. The van der Waals surface area contributed by atoms with E-state index in [1.807, 2.05) is 30.3 Å². The summed E-state index contributed by atoms with van der Waals surface area (Å²) in [7, 11) is 0. The van der Waals surface area contributed by atoms with Crippen molar-refractivity contribution >= 4 is 22.3 Å². The number of nitrogens with one attached hydrogen (secondary N) is 1. The van der Waals surface area contributed by atoms with Crippen molar-refractivity contribution < 1.29 is 9.85 Å². The van der Waals surface area contributed by atoms with Gasteiger partial charge >= 0.3 is 0 Å². The summed E-state index contributed by atoms with van der Waals surface area (Å²) in [6.07, 6.45) is 1.62. The highest BCUT2D eigenvalue weighted by Gasteiger charge is 2.23. The molecule has 3 rings (SSSR count). The molecule has 3 aromatic rings. The Morgan fingerprint density at radius 2 is 1.67 bits per heavy atom. The molecule has 2 aromatic carbocycles. The first-order valence-electron chi connectivity index (χ1n) is 6.07. The van der Waals surface area contributed by atoms with E-state index < -0.39 is 9.85 Å². The number of aromatic nitrogens is 1. The quantitative estimate of drug-likeness (QED) is 0.585. The van der Waals surface area contributed by atoms with Crippen molar-refractivity contribution in [1.82, 2.24) is 4.98 Å². The van der Waals surface area contributed by atoms with Crippen LogP contribution in [0.15, 0.2) is 48.7 Å². The van der Waals surface area contributed by atoms with Gasteiger partial charge in [-0.05, 0) is 5.56 Å². The van der Waals surface area contributed by atoms with Gasteiger partial charge in [-0.1, -0.05) is 30.3 Å². The predicted octanol–water partition coefficient (Wildman–Crippen LogP) is 3.65. The maximum Gasteiger partial charge on any atom is 0.286 e. The van der Waals surface area contributed by atoms with E-state index in [1.165, 1.54) is 6.07 Å². The standard InChI is InChI=1S/C14H9N3O4/c18-16(19)10-6-12-14(13(7-10)17(20)21)11(8-15-12)9-4-2-1-3-5-9/h1-8,15H. The first kappa shape index (κ1) is 12.8. The van der Waals surface area contributed by atoms with E-state index in [0.29, 0.717) is 16.5 Å². The second-order valence-electron chi connectivity index (χ2n) is 4.47. The van der Waals surface area contributed by atoms with Crippen molar-refractivity contribution in [3.05, 3.63) is 68.9 Å². The number of hydrogen-bond acceptors (Lipinski definition) is 4. The highest BCUT2D eigenvalue weighted by Crippen LogP contribution is 2.37. The highest BCUT2D eigenvalue weighted by atomic mass is 16.6. The molecule has 0 aliphatic rings. The lowest BCUT2D eigenvalue weighted by atomic mass is 10.0. The van der Waals surface area contributed by atoms with Crippen LogP contribution >= 0.6 is 0 Å². The van der Waals surface area contributed by atoms with Crippen molar-refractivity contribution in [2.75, 3.05) is 0 Å². The van der Waals surface area contributed by atoms with Gasteiger partial charge in [0.25, 0.3) is 11.4 Å². The Balaban J connectivity index is 2.35. The summed E-state index contributed by atoms with van der Waals surface area (Å²) >= 11 is 0. The Kier molecular flexibility index (Phi) is 2.87. The van der Waals surface area contributed by atoms with Crippen LogP contribution in [0.4, 0.5) is 11.4 Å². The fraction of sp³-hybridized carbons (Fsp3) is 0. The third-order valence-electron chi connectivity index (χ3n) is 3.24. The van der Waals surface area contributed by atoms with E-state index >= 15 is 0 Å². The smallest absolute Gasteiger partial charge is 0.286 e. The van der Waals surface area contributed by atoms with Gasteiger partial charge in [-0.3, -0.25) is 20.2 Å². The largest absolute Gasteiger partial charge is 0.360 e. The number of fused-ring (bicyclic) bond motifs is 1. The molecular weight excluding hydrogens is 274 g/mol. The molecule has 0 aliphatic heterocycles. The first-order valence-corrected chi connectivity index (χ1v) is 6.07. The Hall–Kier alpha value is -3.22. The molecule has 1 N–H and O–H groups in total. The number of nitro groups is 2. The molecule has 0 radical (unpaired) electrons. The SMILES string of the molecule is O=[N+]([O-])c1cc([N+](=O)[O-])c2c(-c3ccccc3)c[nH]c2c1. The van der Waals surface area contributed by atoms with Crippen LogP contribution in [0, 0.1) is 20.2 Å². The van der Waals surface area contributed by atoms with Gasteiger partial charge in [0.1, 0.15) is 0 Å². The van der Waals surface area contributed by atoms with Crippen LogP contribution in [0.2, 0.25) is 0 Å². The Labute approximate surface area is 118 Å². The predicted molar refractivity (Wildman–Crippen MR) is 77.0 cm³/mol. The van der Waals surface area contributed by atoms with Crippen molar-refractivity contribution in [2.45, 2.75) is 0 Å². The minimum absolute atomic E-state index is 0.278. The van der Waals surface area contributed by atoms with Gasteiger partial charge < -0.3 is 4.98 Å². The average Bonchev–Trinajstić information content (AvgIpc) is 2.90. The number of non-ortho nitro benzene ring substituents is 2. The number of rotatable bonds is 3. The molecule has 104 valence electrons. The van der Waals surface area contributed by atoms with E-state index in [2.05, 4.69) is 4.98 Å². The van der Waals surface area contributed by atoms with Gasteiger partial charge in [0, 0.05) is 17.8 Å². The second-order valence-corrected chi connectivity index (χ2v) is 4.47. The van der Waals surface area contributed by atoms with Crippen molar-refractivity contribution in [1.29, 1.82) is 0 Å². The van der Waals surface area contributed by atoms with Crippen LogP contribution < -0.4 is 0 Å². The van der Waals surface area contributed by atoms with Crippen LogP contribution in [0.3, 0.4) is 0 Å². The number of aromatic amines is 1. The van der Waals surface area contributed by atoms with Gasteiger partial charge in [0.15, 0.2) is 0 Å². The topological polar surface area (TPSA) is 102 Å². The molecule has 0 spiro atoms. The van der Waals surface area contributed by atoms with Gasteiger partial charge in [-0.15, -0.1) is 0 Å². The van der Waals surface area contributed by atoms with Gasteiger partial charge in [0.05, 0.1) is 26.8 Å². The first-order chi connectivity index (χ1) is 10.1. The maximum absolute atomic E-state index is 11.2. The number of hydrogen-bond donors (Lipinski definition) is 1. The maximum atomic E-state index is 11.2. The van der Waals surface area contributed by atoms with Crippen LogP contribution in [0.5, 0.6) is 0 Å². The molecule has 0 saturated carbocycles. The van der Waals surface area contributed by atoms with Gasteiger partial charge in [0.2, 0.25) is 0 Å². The Bertz CT molecular complexity index is 855. The zero-order valence-corrected chi connectivity index (χ0v) is 10.6. The fourth-order valence-corrected chi connectivity index (χ4v) is 2.33. The van der Waals surface area contributed by atoms with Crippen LogP contribution in [-0.4, -0.2) is 14.8 Å². The lowest BCUT2D eigenvalue weighted by Crippen LogP contribution is -1.94. The minimum Gasteiger partial charge on any atom is -0.360 e. The van der Waals surface area contributed by atoms with Crippen LogP contribution in [0.25, 0.3) is 22.0 Å². The molecule has 0 atom stereocenters. The Morgan fingerprint density at radius 3 is 2.29 bits per heavy atom. The van der Waals surface area contributed by atoms with E-state index in [1.54, 1.807) is 6.20 Å². The van der Waals surface area contributed by atoms with E-state index in [-0.39, 0.29) is 11.4 Å². The number of H-pyrrole nitrogens is 1. The summed E-state index contributed by atoms with van der Waals surface area (Å²) in [6.45, 7) is 0. The number of benzene rings is 2.